The number of hydrogen-bond acceptors (Lipinski definition) is 2. The molecule has 4 heteroatoms. The smallest absolute Gasteiger partial charge is 0.255 e. The lowest BCUT2D eigenvalue weighted by molar-refractivity contribution is 0.0368. The Hall–Kier alpha value is -1.06. The van der Waals surface area contributed by atoms with Gasteiger partial charge >= 0.3 is 0 Å². The fraction of sp³-hybridized carbons (Fsp3) is 0.417. The monoisotopic (exact) mass is 241 g/mol. The molecule has 1 rings (SSSR count). The Labute approximate surface area is 101 Å². The van der Waals surface area contributed by atoms with E-state index in [1.54, 1.807) is 45.2 Å². The summed E-state index contributed by atoms with van der Waals surface area (Å²) in [6.07, 6.45) is 0. The molecule has 0 heterocycles. The summed E-state index contributed by atoms with van der Waals surface area (Å²) in [6, 6.07) is 6.88. The predicted molar refractivity (Wildman–Crippen MR) is 64.7 cm³/mol. The van der Waals surface area contributed by atoms with E-state index < -0.39 is 5.60 Å². The molecule has 1 amide bonds. The number of amides is 1. The fourth-order valence-electron chi connectivity index (χ4n) is 1.49. The summed E-state index contributed by atoms with van der Waals surface area (Å²) in [4.78, 5) is 13.4. The first-order valence-electron chi connectivity index (χ1n) is 5.03. The van der Waals surface area contributed by atoms with Crippen molar-refractivity contribution in [1.82, 2.24) is 4.90 Å². The van der Waals surface area contributed by atoms with Gasteiger partial charge in [0.1, 0.15) is 0 Å². The SMILES string of the molecule is CN(CC(C)(C)O)C(=O)c1ccccc1Cl. The van der Waals surface area contributed by atoms with Gasteiger partial charge in [-0.25, -0.2) is 0 Å². The number of benzene rings is 1. The summed E-state index contributed by atoms with van der Waals surface area (Å²) in [5.41, 5.74) is -0.456. The minimum Gasteiger partial charge on any atom is -0.389 e. The summed E-state index contributed by atoms with van der Waals surface area (Å²) in [6.45, 7) is 3.57. The zero-order chi connectivity index (χ0) is 12.3. The first-order chi connectivity index (χ1) is 7.31. The number of carbonyl (C=O) groups excluding carboxylic acids is 1. The van der Waals surface area contributed by atoms with Crippen molar-refractivity contribution in [3.63, 3.8) is 0 Å². The largest absolute Gasteiger partial charge is 0.389 e. The maximum absolute atomic E-state index is 12.0. The predicted octanol–water partition coefficient (Wildman–Crippen LogP) is 2.18. The molecule has 0 bridgehead atoms. The summed E-state index contributed by atoms with van der Waals surface area (Å²) in [5, 5.41) is 10.1. The van der Waals surface area contributed by atoms with Crippen LogP contribution in [0.4, 0.5) is 0 Å². The molecule has 88 valence electrons. The quantitative estimate of drug-likeness (QED) is 0.881. The molecule has 0 atom stereocenters. The van der Waals surface area contributed by atoms with Gasteiger partial charge in [0.15, 0.2) is 0 Å². The number of likely N-dealkylation sites (N-methyl/N-ethyl adjacent to an activating group) is 1. The van der Waals surface area contributed by atoms with Gasteiger partial charge in [-0.15, -0.1) is 0 Å². The van der Waals surface area contributed by atoms with Crippen molar-refractivity contribution in [2.45, 2.75) is 19.4 Å². The van der Waals surface area contributed by atoms with Crippen LogP contribution in [0.2, 0.25) is 5.02 Å². The Kier molecular flexibility index (Phi) is 3.94. The third kappa shape index (κ3) is 3.51. The molecule has 0 aliphatic rings. The van der Waals surface area contributed by atoms with Crippen molar-refractivity contribution in [3.05, 3.63) is 34.9 Å². The fourth-order valence-corrected chi connectivity index (χ4v) is 1.71. The maximum Gasteiger partial charge on any atom is 0.255 e. The van der Waals surface area contributed by atoms with Crippen LogP contribution in [0, 0.1) is 0 Å². The second-order valence-electron chi connectivity index (χ2n) is 4.45. The molecule has 0 spiro atoms. The molecule has 0 aromatic heterocycles. The van der Waals surface area contributed by atoms with Crippen LogP contribution in [0.25, 0.3) is 0 Å². The highest BCUT2D eigenvalue weighted by Gasteiger charge is 2.21. The molecular weight excluding hydrogens is 226 g/mol. The first kappa shape index (κ1) is 13.0. The van der Waals surface area contributed by atoms with Crippen molar-refractivity contribution in [3.8, 4) is 0 Å². The lowest BCUT2D eigenvalue weighted by Crippen LogP contribution is -2.39. The Balaban J connectivity index is 2.83. The van der Waals surface area contributed by atoms with E-state index in [4.69, 9.17) is 11.6 Å². The third-order valence-corrected chi connectivity index (χ3v) is 2.40. The molecule has 1 N–H and O–H groups in total. The van der Waals surface area contributed by atoms with Crippen LogP contribution < -0.4 is 0 Å². The van der Waals surface area contributed by atoms with Crippen molar-refractivity contribution >= 4 is 17.5 Å². The lowest BCUT2D eigenvalue weighted by Gasteiger charge is -2.25. The zero-order valence-corrected chi connectivity index (χ0v) is 10.5. The van der Waals surface area contributed by atoms with Crippen molar-refractivity contribution in [1.29, 1.82) is 0 Å². The van der Waals surface area contributed by atoms with Crippen LogP contribution >= 0.6 is 11.6 Å². The van der Waals surface area contributed by atoms with Crippen LogP contribution in [0.1, 0.15) is 24.2 Å². The second kappa shape index (κ2) is 4.85. The molecular formula is C12H16ClNO2. The van der Waals surface area contributed by atoms with Crippen LogP contribution in [0.3, 0.4) is 0 Å². The molecule has 0 radical (unpaired) electrons. The van der Waals surface area contributed by atoms with E-state index in [1.807, 2.05) is 0 Å². The Bertz CT molecular complexity index is 385. The summed E-state index contributed by atoms with van der Waals surface area (Å²) in [7, 11) is 1.64. The summed E-state index contributed by atoms with van der Waals surface area (Å²) in [5.74, 6) is -0.187. The highest BCUT2D eigenvalue weighted by atomic mass is 35.5. The number of carbonyl (C=O) groups is 1. The zero-order valence-electron chi connectivity index (χ0n) is 9.70. The van der Waals surface area contributed by atoms with E-state index in [0.717, 1.165) is 0 Å². The Morgan fingerprint density at radius 3 is 2.50 bits per heavy atom. The highest BCUT2D eigenvalue weighted by Crippen LogP contribution is 2.17. The number of aliphatic hydroxyl groups is 1. The molecule has 0 aliphatic carbocycles. The van der Waals surface area contributed by atoms with Crippen LogP contribution in [0.15, 0.2) is 24.3 Å². The first-order valence-corrected chi connectivity index (χ1v) is 5.41. The van der Waals surface area contributed by atoms with E-state index in [0.29, 0.717) is 10.6 Å². The molecule has 0 unspecified atom stereocenters. The lowest BCUT2D eigenvalue weighted by atomic mass is 10.1. The topological polar surface area (TPSA) is 40.5 Å². The van der Waals surface area contributed by atoms with Gasteiger partial charge in [0.25, 0.3) is 5.91 Å². The molecule has 1 aromatic rings. The van der Waals surface area contributed by atoms with Crippen LogP contribution in [-0.4, -0.2) is 35.1 Å². The average Bonchev–Trinajstić information content (AvgIpc) is 2.15. The van der Waals surface area contributed by atoms with Crippen LogP contribution in [0.5, 0.6) is 0 Å². The van der Waals surface area contributed by atoms with Crippen molar-refractivity contribution in [2.24, 2.45) is 0 Å². The number of halogens is 1. The average molecular weight is 242 g/mol. The van der Waals surface area contributed by atoms with E-state index in [2.05, 4.69) is 0 Å². The second-order valence-corrected chi connectivity index (χ2v) is 4.86. The molecule has 0 aliphatic heterocycles. The highest BCUT2D eigenvalue weighted by molar-refractivity contribution is 6.33. The van der Waals surface area contributed by atoms with E-state index in [1.165, 1.54) is 4.90 Å². The Morgan fingerprint density at radius 1 is 1.44 bits per heavy atom. The Morgan fingerprint density at radius 2 is 2.00 bits per heavy atom. The standard InChI is InChI=1S/C12H16ClNO2/c1-12(2,16)8-14(3)11(15)9-6-4-5-7-10(9)13/h4-7,16H,8H2,1-3H3. The van der Waals surface area contributed by atoms with Gasteiger partial charge in [0, 0.05) is 13.6 Å². The minimum absolute atomic E-state index is 0.187. The molecule has 1 aromatic carbocycles. The van der Waals surface area contributed by atoms with Crippen molar-refractivity contribution < 1.29 is 9.90 Å². The number of rotatable bonds is 3. The summed E-state index contributed by atoms with van der Waals surface area (Å²) < 4.78 is 0. The minimum atomic E-state index is -0.911. The maximum atomic E-state index is 12.0. The molecule has 3 nitrogen and oxygen atoms in total. The molecule has 0 saturated heterocycles. The molecule has 0 saturated carbocycles. The van der Waals surface area contributed by atoms with Gasteiger partial charge in [0.2, 0.25) is 0 Å². The summed E-state index contributed by atoms with van der Waals surface area (Å²) >= 11 is 5.92. The molecule has 0 fully saturated rings. The van der Waals surface area contributed by atoms with E-state index >= 15 is 0 Å². The number of nitrogens with zero attached hydrogens (tertiary/aromatic N) is 1. The van der Waals surface area contributed by atoms with Gasteiger partial charge in [-0.3, -0.25) is 4.79 Å². The normalized spacial score (nSPS) is 11.3. The van der Waals surface area contributed by atoms with Gasteiger partial charge in [0.05, 0.1) is 16.2 Å². The van der Waals surface area contributed by atoms with Gasteiger partial charge in [-0.05, 0) is 26.0 Å². The number of hydrogen-bond donors (Lipinski definition) is 1. The van der Waals surface area contributed by atoms with E-state index in [9.17, 15) is 9.90 Å². The van der Waals surface area contributed by atoms with E-state index in [-0.39, 0.29) is 12.5 Å². The third-order valence-electron chi connectivity index (χ3n) is 2.08. The van der Waals surface area contributed by atoms with Crippen molar-refractivity contribution in [2.75, 3.05) is 13.6 Å². The molecule has 16 heavy (non-hydrogen) atoms. The van der Waals surface area contributed by atoms with Gasteiger partial charge in [-0.2, -0.15) is 0 Å². The van der Waals surface area contributed by atoms with Gasteiger partial charge in [-0.1, -0.05) is 23.7 Å². The van der Waals surface area contributed by atoms with Gasteiger partial charge < -0.3 is 10.0 Å². The van der Waals surface area contributed by atoms with Crippen LogP contribution in [-0.2, 0) is 0 Å².